The second-order valence-corrected chi connectivity index (χ2v) is 4.55. The molecule has 0 aliphatic rings. The largest absolute Gasteiger partial charge is 0.381 e. The normalized spacial score (nSPS) is 10.3. The highest BCUT2D eigenvalue weighted by atomic mass is 35.5. The summed E-state index contributed by atoms with van der Waals surface area (Å²) in [6.07, 6.45) is 0. The van der Waals surface area contributed by atoms with E-state index in [1.165, 1.54) is 0 Å². The van der Waals surface area contributed by atoms with Crippen LogP contribution in [0.25, 0.3) is 0 Å². The van der Waals surface area contributed by atoms with E-state index in [9.17, 15) is 0 Å². The number of halogens is 3. The van der Waals surface area contributed by atoms with Crippen LogP contribution in [0.2, 0.25) is 15.2 Å². The van der Waals surface area contributed by atoms with Crippen molar-refractivity contribution in [2.24, 2.45) is 0 Å². The van der Waals surface area contributed by atoms with Crippen molar-refractivity contribution in [1.29, 1.82) is 0 Å². The van der Waals surface area contributed by atoms with Crippen LogP contribution in [-0.2, 0) is 0 Å². The summed E-state index contributed by atoms with van der Waals surface area (Å²) in [4.78, 5) is 0. The van der Waals surface area contributed by atoms with Gasteiger partial charge in [0.25, 0.3) is 0 Å². The summed E-state index contributed by atoms with van der Waals surface area (Å²) in [6.45, 7) is 0.908. The first-order valence-corrected chi connectivity index (χ1v) is 6.39. The third kappa shape index (κ3) is 3.44. The SMILES string of the molecule is Nc1nnnc(NCCNc2nnnc(Cl)c2Cl)c1Cl. The molecule has 0 atom stereocenters. The molecule has 2 heterocycles. The fourth-order valence-corrected chi connectivity index (χ4v) is 1.61. The van der Waals surface area contributed by atoms with Crippen molar-refractivity contribution in [2.45, 2.75) is 0 Å². The Balaban J connectivity index is 1.88. The van der Waals surface area contributed by atoms with Crippen LogP contribution in [0.1, 0.15) is 0 Å². The van der Waals surface area contributed by atoms with Gasteiger partial charge in [-0.2, -0.15) is 0 Å². The van der Waals surface area contributed by atoms with E-state index in [1.54, 1.807) is 0 Å². The van der Waals surface area contributed by atoms with Crippen LogP contribution in [0, 0.1) is 0 Å². The number of nitrogens with two attached hydrogens (primary N) is 1. The molecular weight excluding hydrogens is 329 g/mol. The maximum Gasteiger partial charge on any atom is 0.175 e. The predicted octanol–water partition coefficient (Wildman–Crippen LogP) is 1.12. The molecule has 0 aliphatic carbocycles. The molecule has 0 bridgehead atoms. The van der Waals surface area contributed by atoms with Crippen LogP contribution in [-0.4, -0.2) is 43.9 Å². The van der Waals surface area contributed by atoms with Gasteiger partial charge in [0.05, 0.1) is 0 Å². The Bertz CT molecular complexity index is 554. The summed E-state index contributed by atoms with van der Waals surface area (Å²) >= 11 is 17.5. The van der Waals surface area contributed by atoms with Crippen molar-refractivity contribution in [3.63, 3.8) is 0 Å². The lowest BCUT2D eigenvalue weighted by Gasteiger charge is -2.09. The van der Waals surface area contributed by atoms with E-state index in [-0.39, 0.29) is 21.0 Å². The lowest BCUT2D eigenvalue weighted by molar-refractivity contribution is 0.856. The zero-order valence-corrected chi connectivity index (χ0v) is 12.1. The average molecular weight is 337 g/mol. The molecule has 0 fully saturated rings. The Hall–Kier alpha value is -1.71. The third-order valence-corrected chi connectivity index (χ3v) is 3.20. The van der Waals surface area contributed by atoms with Gasteiger partial charge in [0.1, 0.15) is 10.0 Å². The van der Waals surface area contributed by atoms with Crippen LogP contribution < -0.4 is 16.4 Å². The summed E-state index contributed by atoms with van der Waals surface area (Å²) in [5.74, 6) is 0.776. The molecule has 0 radical (unpaired) electrons. The van der Waals surface area contributed by atoms with Crippen molar-refractivity contribution >= 4 is 52.3 Å². The second-order valence-electron chi connectivity index (χ2n) is 3.43. The van der Waals surface area contributed by atoms with Gasteiger partial charge in [-0.3, -0.25) is 0 Å². The average Bonchev–Trinajstić information content (AvgIpc) is 2.43. The molecule has 106 valence electrons. The van der Waals surface area contributed by atoms with E-state index in [0.29, 0.717) is 24.7 Å². The summed E-state index contributed by atoms with van der Waals surface area (Å²) in [6, 6.07) is 0. The van der Waals surface area contributed by atoms with E-state index in [4.69, 9.17) is 40.5 Å². The first-order chi connectivity index (χ1) is 9.59. The van der Waals surface area contributed by atoms with E-state index in [0.717, 1.165) is 0 Å². The van der Waals surface area contributed by atoms with Gasteiger partial charge >= 0.3 is 0 Å². The molecule has 2 aromatic rings. The molecule has 0 aromatic carbocycles. The summed E-state index contributed by atoms with van der Waals surface area (Å²) < 4.78 is 0. The van der Waals surface area contributed by atoms with Crippen LogP contribution in [0.5, 0.6) is 0 Å². The predicted molar refractivity (Wildman–Crippen MR) is 76.1 cm³/mol. The van der Waals surface area contributed by atoms with Crippen molar-refractivity contribution in [3.05, 3.63) is 15.2 Å². The standard InChI is InChI=1S/C8H8Cl3N9/c9-3-5(11)15-19-17-7(3)13-1-2-14-8-4(10)6(12)16-20-18-8/h1-2H2,(H,13,15,17)(H3,12,14,16,18). The van der Waals surface area contributed by atoms with Crippen molar-refractivity contribution in [2.75, 3.05) is 29.5 Å². The van der Waals surface area contributed by atoms with Gasteiger partial charge in [-0.25, -0.2) is 0 Å². The Kier molecular flexibility index (Phi) is 4.88. The fourth-order valence-electron chi connectivity index (χ4n) is 1.20. The minimum absolute atomic E-state index is 0.0768. The monoisotopic (exact) mass is 335 g/mol. The molecule has 0 saturated heterocycles. The van der Waals surface area contributed by atoms with E-state index in [2.05, 4.69) is 41.5 Å². The minimum atomic E-state index is 0.0768. The van der Waals surface area contributed by atoms with Gasteiger partial charge in [0, 0.05) is 13.1 Å². The molecule has 0 unspecified atom stereocenters. The molecule has 0 spiro atoms. The van der Waals surface area contributed by atoms with Gasteiger partial charge in [0.2, 0.25) is 0 Å². The van der Waals surface area contributed by atoms with Gasteiger partial charge in [-0.05, 0) is 10.4 Å². The van der Waals surface area contributed by atoms with Gasteiger partial charge in [-0.15, -0.1) is 20.4 Å². The number of nitrogen functional groups attached to an aromatic ring is 1. The Morgan fingerprint density at radius 1 is 0.800 bits per heavy atom. The lowest BCUT2D eigenvalue weighted by Crippen LogP contribution is -2.16. The van der Waals surface area contributed by atoms with Crippen LogP contribution >= 0.6 is 34.8 Å². The lowest BCUT2D eigenvalue weighted by atomic mass is 10.5. The first-order valence-electron chi connectivity index (χ1n) is 5.26. The second kappa shape index (κ2) is 6.64. The van der Waals surface area contributed by atoms with Crippen molar-refractivity contribution in [3.8, 4) is 0 Å². The Morgan fingerprint density at radius 2 is 1.35 bits per heavy atom. The molecule has 2 aromatic heterocycles. The maximum absolute atomic E-state index is 5.89. The fraction of sp³-hybridized carbons (Fsp3) is 0.250. The molecule has 0 aliphatic heterocycles. The molecule has 4 N–H and O–H groups in total. The quantitative estimate of drug-likeness (QED) is 0.688. The number of anilines is 3. The van der Waals surface area contributed by atoms with Crippen molar-refractivity contribution < 1.29 is 0 Å². The number of hydrogen-bond donors (Lipinski definition) is 3. The topological polar surface area (TPSA) is 127 Å². The van der Waals surface area contributed by atoms with Crippen molar-refractivity contribution in [1.82, 2.24) is 30.8 Å². The number of aromatic nitrogens is 6. The highest BCUT2D eigenvalue weighted by molar-refractivity contribution is 6.42. The van der Waals surface area contributed by atoms with Gasteiger partial charge < -0.3 is 16.4 Å². The summed E-state index contributed by atoms with van der Waals surface area (Å²) in [5, 5.41) is 27.7. The molecule has 12 heteroatoms. The number of nitrogens with one attached hydrogen (secondary N) is 2. The zero-order valence-electron chi connectivity index (χ0n) is 9.81. The number of nitrogens with zero attached hydrogens (tertiary/aromatic N) is 6. The van der Waals surface area contributed by atoms with Crippen LogP contribution in [0.15, 0.2) is 0 Å². The summed E-state index contributed by atoms with van der Waals surface area (Å²) in [5.41, 5.74) is 5.49. The Morgan fingerprint density at radius 3 is 2.00 bits per heavy atom. The molecule has 0 amide bonds. The maximum atomic E-state index is 5.89. The van der Waals surface area contributed by atoms with E-state index < -0.39 is 0 Å². The molecule has 9 nitrogen and oxygen atoms in total. The third-order valence-electron chi connectivity index (χ3n) is 2.11. The molecule has 0 saturated carbocycles. The van der Waals surface area contributed by atoms with Crippen LogP contribution in [0.3, 0.4) is 0 Å². The highest BCUT2D eigenvalue weighted by Gasteiger charge is 2.09. The Labute approximate surface area is 128 Å². The molecular formula is C8H8Cl3N9. The summed E-state index contributed by atoms with van der Waals surface area (Å²) in [7, 11) is 0. The molecule has 20 heavy (non-hydrogen) atoms. The smallest absolute Gasteiger partial charge is 0.175 e. The number of hydrogen-bond acceptors (Lipinski definition) is 9. The first kappa shape index (κ1) is 14.7. The minimum Gasteiger partial charge on any atom is -0.381 e. The van der Waals surface area contributed by atoms with E-state index >= 15 is 0 Å². The highest BCUT2D eigenvalue weighted by Crippen LogP contribution is 2.24. The van der Waals surface area contributed by atoms with E-state index in [1.807, 2.05) is 0 Å². The molecule has 2 rings (SSSR count). The number of rotatable bonds is 5. The zero-order chi connectivity index (χ0) is 14.5. The van der Waals surface area contributed by atoms with Gasteiger partial charge in [0.15, 0.2) is 22.6 Å². The van der Waals surface area contributed by atoms with Gasteiger partial charge in [-0.1, -0.05) is 34.8 Å². The van der Waals surface area contributed by atoms with Crippen LogP contribution in [0.4, 0.5) is 17.5 Å².